The highest BCUT2D eigenvalue weighted by Crippen LogP contribution is 2.44. The number of carbonyl (C=O) groups is 2. The van der Waals surface area contributed by atoms with Crippen LogP contribution >= 0.6 is 0 Å². The molecule has 2 aromatic carbocycles. The van der Waals surface area contributed by atoms with Gasteiger partial charge in [-0.2, -0.15) is 23.5 Å². The highest BCUT2D eigenvalue weighted by molar-refractivity contribution is 6.05. The molecule has 2 amide bonds. The van der Waals surface area contributed by atoms with Gasteiger partial charge in [-0.3, -0.25) is 19.5 Å². The lowest BCUT2D eigenvalue weighted by Crippen LogP contribution is -2.55. The third-order valence-corrected chi connectivity index (χ3v) is 7.17. The Bertz CT molecular complexity index is 1700. The maximum Gasteiger partial charge on any atom is 0.416 e. The summed E-state index contributed by atoms with van der Waals surface area (Å²) in [5.41, 5.74) is 0.292. The van der Waals surface area contributed by atoms with Gasteiger partial charge in [-0.25, -0.2) is 9.07 Å². The van der Waals surface area contributed by atoms with Crippen molar-refractivity contribution in [2.75, 3.05) is 11.4 Å². The zero-order chi connectivity index (χ0) is 30.9. The Morgan fingerprint density at radius 2 is 1.86 bits per heavy atom. The van der Waals surface area contributed by atoms with Gasteiger partial charge in [0, 0.05) is 17.7 Å². The summed E-state index contributed by atoms with van der Waals surface area (Å²) in [6.45, 7) is 3.56. The minimum absolute atomic E-state index is 0.142. The van der Waals surface area contributed by atoms with E-state index in [1.54, 1.807) is 42.8 Å². The number of pyridine rings is 1. The molecule has 13 heteroatoms. The third kappa shape index (κ3) is 5.51. The molecule has 0 saturated carbocycles. The number of likely N-dealkylation sites (N-methyl/N-ethyl adjacent to an activating group) is 1. The van der Waals surface area contributed by atoms with Crippen LogP contribution in [0.1, 0.15) is 58.7 Å². The number of alkyl halides is 3. The average molecular weight is 592 g/mol. The molecule has 220 valence electrons. The van der Waals surface area contributed by atoms with E-state index < -0.39 is 47.4 Å². The van der Waals surface area contributed by atoms with E-state index in [0.717, 1.165) is 24.4 Å². The van der Waals surface area contributed by atoms with Gasteiger partial charge in [0.2, 0.25) is 0 Å². The Labute approximate surface area is 243 Å². The second-order valence-corrected chi connectivity index (χ2v) is 9.84. The Morgan fingerprint density at radius 1 is 1.12 bits per heavy atom. The van der Waals surface area contributed by atoms with Crippen molar-refractivity contribution in [3.8, 4) is 11.9 Å². The van der Waals surface area contributed by atoms with Gasteiger partial charge in [-0.1, -0.05) is 24.3 Å². The fourth-order valence-corrected chi connectivity index (χ4v) is 5.21. The van der Waals surface area contributed by atoms with Gasteiger partial charge in [0.05, 0.1) is 40.8 Å². The molecule has 2 aromatic heterocycles. The Kier molecular flexibility index (Phi) is 7.86. The molecule has 0 unspecified atom stereocenters. The molecular formula is C30H25F4N7O2. The molecular weight excluding hydrogens is 566 g/mol. The van der Waals surface area contributed by atoms with Crippen molar-refractivity contribution in [3.63, 3.8) is 0 Å². The Morgan fingerprint density at radius 3 is 2.49 bits per heavy atom. The van der Waals surface area contributed by atoms with Crippen molar-refractivity contribution >= 4 is 17.6 Å². The summed E-state index contributed by atoms with van der Waals surface area (Å²) >= 11 is 0. The first-order chi connectivity index (χ1) is 20.5. The van der Waals surface area contributed by atoms with E-state index in [1.165, 1.54) is 17.0 Å². The zero-order valence-corrected chi connectivity index (χ0v) is 22.9. The number of fused-ring (bicyclic) bond motifs is 1. The van der Waals surface area contributed by atoms with Crippen LogP contribution in [0.15, 0.2) is 72.9 Å². The van der Waals surface area contributed by atoms with Crippen LogP contribution in [0.3, 0.4) is 0 Å². The van der Waals surface area contributed by atoms with Crippen molar-refractivity contribution in [2.45, 2.75) is 38.0 Å². The lowest BCUT2D eigenvalue weighted by molar-refractivity contribution is -0.137. The molecule has 0 aliphatic carbocycles. The molecule has 1 aliphatic heterocycles. The molecule has 9 nitrogen and oxygen atoms in total. The second kappa shape index (κ2) is 11.6. The Hall–Kier alpha value is -5.25. The van der Waals surface area contributed by atoms with E-state index in [9.17, 15) is 32.4 Å². The number of halogens is 4. The maximum atomic E-state index is 14.2. The average Bonchev–Trinajstić information content (AvgIpc) is 3.38. The molecule has 0 radical (unpaired) electrons. The SMILES string of the molecule is CCN1C(=O)[C@@H](NC(=O)c2cccc(C(F)(F)F)c2)[C@@H](c2ccc(F)cn2)c2c([C@@H](C)NC#N)nn(-c3ccccc3)c21. The predicted octanol–water partition coefficient (Wildman–Crippen LogP) is 4.85. The van der Waals surface area contributed by atoms with E-state index in [4.69, 9.17) is 5.10 Å². The van der Waals surface area contributed by atoms with E-state index >= 15 is 0 Å². The van der Waals surface area contributed by atoms with Gasteiger partial charge in [0.25, 0.3) is 11.8 Å². The number of anilines is 1. The lowest BCUT2D eigenvalue weighted by atomic mass is 9.82. The minimum atomic E-state index is -4.68. The summed E-state index contributed by atoms with van der Waals surface area (Å²) in [4.78, 5) is 33.2. The highest BCUT2D eigenvalue weighted by atomic mass is 19.4. The lowest BCUT2D eigenvalue weighted by Gasteiger charge is -2.38. The van der Waals surface area contributed by atoms with E-state index in [2.05, 4.69) is 15.6 Å². The van der Waals surface area contributed by atoms with Crippen LogP contribution in [0, 0.1) is 17.3 Å². The van der Waals surface area contributed by atoms with Crippen LogP contribution in [-0.2, 0) is 11.0 Å². The maximum absolute atomic E-state index is 14.2. The van der Waals surface area contributed by atoms with Crippen LogP contribution in [0.5, 0.6) is 0 Å². The number of para-hydroxylation sites is 1. The number of aromatic nitrogens is 3. The van der Waals surface area contributed by atoms with Crippen LogP contribution < -0.4 is 15.5 Å². The topological polar surface area (TPSA) is 116 Å². The number of amides is 2. The molecule has 1 aliphatic rings. The van der Waals surface area contributed by atoms with Crippen molar-refractivity contribution < 1.29 is 27.2 Å². The predicted molar refractivity (Wildman–Crippen MR) is 147 cm³/mol. The molecule has 2 N–H and O–H groups in total. The van der Waals surface area contributed by atoms with E-state index in [-0.39, 0.29) is 17.8 Å². The summed E-state index contributed by atoms with van der Waals surface area (Å²) in [6.07, 6.45) is -1.82. The molecule has 3 atom stereocenters. The van der Waals surface area contributed by atoms with Crippen LogP contribution in [-0.4, -0.2) is 39.2 Å². The normalized spacial score (nSPS) is 17.1. The Balaban J connectivity index is 1.72. The fourth-order valence-electron chi connectivity index (χ4n) is 5.21. The van der Waals surface area contributed by atoms with Crippen LogP contribution in [0.25, 0.3) is 5.69 Å². The number of nitriles is 1. The number of hydrogen-bond acceptors (Lipinski definition) is 6. The van der Waals surface area contributed by atoms with Crippen LogP contribution in [0.2, 0.25) is 0 Å². The summed E-state index contributed by atoms with van der Waals surface area (Å²) in [5.74, 6) is -2.81. The monoisotopic (exact) mass is 591 g/mol. The van der Waals surface area contributed by atoms with Crippen molar-refractivity contribution in [1.29, 1.82) is 5.26 Å². The van der Waals surface area contributed by atoms with Gasteiger partial charge >= 0.3 is 6.18 Å². The number of nitrogens with one attached hydrogen (secondary N) is 2. The number of hydrogen-bond donors (Lipinski definition) is 2. The van der Waals surface area contributed by atoms with E-state index in [1.807, 2.05) is 12.3 Å². The summed E-state index contributed by atoms with van der Waals surface area (Å²) in [6, 6.07) is 13.3. The van der Waals surface area contributed by atoms with Gasteiger partial charge in [-0.15, -0.1) is 0 Å². The van der Waals surface area contributed by atoms with Crippen molar-refractivity contribution in [3.05, 3.63) is 107 Å². The second-order valence-electron chi connectivity index (χ2n) is 9.84. The smallest absolute Gasteiger partial charge is 0.339 e. The van der Waals surface area contributed by atoms with Crippen molar-refractivity contribution in [1.82, 2.24) is 25.4 Å². The number of nitrogens with zero attached hydrogens (tertiary/aromatic N) is 5. The molecule has 0 saturated heterocycles. The zero-order valence-electron chi connectivity index (χ0n) is 22.9. The summed E-state index contributed by atoms with van der Waals surface area (Å²) < 4.78 is 55.7. The van der Waals surface area contributed by atoms with Gasteiger partial charge in [-0.05, 0) is 56.3 Å². The quantitative estimate of drug-likeness (QED) is 0.180. The molecule has 3 heterocycles. The first-order valence-electron chi connectivity index (χ1n) is 13.3. The van der Waals surface area contributed by atoms with Crippen LogP contribution in [0.4, 0.5) is 23.4 Å². The fraction of sp³-hybridized carbons (Fsp3) is 0.233. The summed E-state index contributed by atoms with van der Waals surface area (Å²) in [7, 11) is 0. The minimum Gasteiger partial charge on any atom is -0.339 e. The molecule has 0 bridgehead atoms. The van der Waals surface area contributed by atoms with Gasteiger partial charge in [0.1, 0.15) is 17.7 Å². The molecule has 0 spiro atoms. The first-order valence-corrected chi connectivity index (χ1v) is 13.3. The van der Waals surface area contributed by atoms with E-state index in [0.29, 0.717) is 28.8 Å². The first kappa shape index (κ1) is 29.2. The molecule has 4 aromatic rings. The van der Waals surface area contributed by atoms with Crippen molar-refractivity contribution in [2.24, 2.45) is 0 Å². The summed E-state index contributed by atoms with van der Waals surface area (Å²) in [5, 5.41) is 19.5. The number of benzene rings is 2. The molecule has 5 rings (SSSR count). The van der Waals surface area contributed by atoms with Gasteiger partial charge in [0.15, 0.2) is 6.19 Å². The largest absolute Gasteiger partial charge is 0.416 e. The molecule has 43 heavy (non-hydrogen) atoms. The number of carbonyl (C=O) groups excluding carboxylic acids is 2. The number of rotatable bonds is 7. The van der Waals surface area contributed by atoms with Gasteiger partial charge < -0.3 is 10.6 Å². The third-order valence-electron chi connectivity index (χ3n) is 7.17. The standard InChI is InChI=1S/C30H25F4N7O2/c1-3-40-28-24(25(17(2)37-16-35)39-41(28)21-10-5-4-6-11-21)23(22-13-12-20(31)15-36-22)26(29(40)43)38-27(42)18-8-7-9-19(14-18)30(32,33)34/h4-15,17,23,26,37H,3H2,1-2H3,(H,38,42)/t17-,23+,26+/m1/s1. The highest BCUT2D eigenvalue weighted by Gasteiger charge is 2.47. The molecule has 0 fully saturated rings.